The summed E-state index contributed by atoms with van der Waals surface area (Å²) in [7, 11) is 2.07. The lowest BCUT2D eigenvalue weighted by molar-refractivity contribution is -0.671. The minimum atomic E-state index is 1.15. The molecule has 0 aromatic carbocycles. The normalized spacial score (nSPS) is 10.9. The number of aryl methyl sites for hydroxylation is 3. The first-order valence-corrected chi connectivity index (χ1v) is 7.31. The number of hydrogen-bond donors (Lipinski definition) is 0. The van der Waals surface area contributed by atoms with E-state index >= 15 is 0 Å². The van der Waals surface area contributed by atoms with Gasteiger partial charge in [0.2, 0.25) is 6.33 Å². The first-order valence-electron chi connectivity index (χ1n) is 6.37. The number of nitrogens with zero attached hydrogens (tertiary/aromatic N) is 2. The van der Waals surface area contributed by atoms with Crippen molar-refractivity contribution < 1.29 is 4.57 Å². The fraction of sp³-hybridized carbons (Fsp3) is 0.500. The summed E-state index contributed by atoms with van der Waals surface area (Å²) in [5, 5.41) is 4.43. The Morgan fingerprint density at radius 1 is 1.24 bits per heavy atom. The average Bonchev–Trinajstić information content (AvgIpc) is 2.95. The number of imidazole rings is 1. The van der Waals surface area contributed by atoms with Crippen LogP contribution in [-0.2, 0) is 20.0 Å². The summed E-state index contributed by atoms with van der Waals surface area (Å²) in [6.07, 6.45) is 12.9. The second-order valence-electron chi connectivity index (χ2n) is 4.61. The fourth-order valence-corrected chi connectivity index (χ4v) is 2.75. The molecule has 0 unspecified atom stereocenters. The van der Waals surface area contributed by atoms with E-state index in [0.29, 0.717) is 0 Å². The van der Waals surface area contributed by atoms with Gasteiger partial charge in [-0.1, -0.05) is 6.42 Å². The fourth-order valence-electron chi connectivity index (χ4n) is 2.05. The monoisotopic (exact) mass is 249 g/mol. The molecule has 0 atom stereocenters. The van der Waals surface area contributed by atoms with Crippen LogP contribution in [0.15, 0.2) is 35.5 Å². The van der Waals surface area contributed by atoms with Crippen molar-refractivity contribution in [2.45, 2.75) is 38.6 Å². The van der Waals surface area contributed by atoms with Gasteiger partial charge in [-0.25, -0.2) is 9.13 Å². The van der Waals surface area contributed by atoms with Crippen LogP contribution in [0.3, 0.4) is 0 Å². The molecule has 2 aromatic rings. The maximum Gasteiger partial charge on any atom is 0.243 e. The Labute approximate surface area is 108 Å². The number of aromatic nitrogens is 2. The van der Waals surface area contributed by atoms with E-state index in [4.69, 9.17) is 0 Å². The van der Waals surface area contributed by atoms with Crippen LogP contribution in [-0.4, -0.2) is 4.57 Å². The third kappa shape index (κ3) is 4.35. The average molecular weight is 249 g/mol. The van der Waals surface area contributed by atoms with Crippen LogP contribution < -0.4 is 4.57 Å². The highest BCUT2D eigenvalue weighted by Gasteiger charge is 1.99. The maximum absolute atomic E-state index is 2.26. The van der Waals surface area contributed by atoms with Gasteiger partial charge in [0.05, 0.1) is 13.6 Å². The quantitative estimate of drug-likeness (QED) is 0.526. The molecule has 17 heavy (non-hydrogen) atoms. The zero-order chi connectivity index (χ0) is 11.9. The molecule has 2 nitrogen and oxygen atoms in total. The van der Waals surface area contributed by atoms with E-state index in [0.717, 1.165) is 6.54 Å². The van der Waals surface area contributed by atoms with Crippen LogP contribution in [0.25, 0.3) is 0 Å². The van der Waals surface area contributed by atoms with Gasteiger partial charge in [-0.05, 0) is 48.1 Å². The lowest BCUT2D eigenvalue weighted by atomic mass is 10.1. The van der Waals surface area contributed by atoms with Gasteiger partial charge < -0.3 is 0 Å². The van der Waals surface area contributed by atoms with Crippen LogP contribution in [0.4, 0.5) is 0 Å². The molecule has 0 saturated heterocycles. The van der Waals surface area contributed by atoms with E-state index < -0.39 is 0 Å². The van der Waals surface area contributed by atoms with Crippen LogP contribution in [0, 0.1) is 0 Å². The highest BCUT2D eigenvalue weighted by atomic mass is 32.1. The second kappa shape index (κ2) is 6.60. The Hall–Kier alpha value is -1.09. The summed E-state index contributed by atoms with van der Waals surface area (Å²) in [6.45, 7) is 1.15. The van der Waals surface area contributed by atoms with Gasteiger partial charge in [0.1, 0.15) is 12.4 Å². The Balaban J connectivity index is 1.52. The van der Waals surface area contributed by atoms with E-state index in [2.05, 4.69) is 51.7 Å². The zero-order valence-electron chi connectivity index (χ0n) is 10.5. The summed E-state index contributed by atoms with van der Waals surface area (Å²) in [5.74, 6) is 0. The predicted octanol–water partition coefficient (Wildman–Crippen LogP) is 3.18. The van der Waals surface area contributed by atoms with Crippen molar-refractivity contribution in [3.63, 3.8) is 0 Å². The Morgan fingerprint density at radius 3 is 2.82 bits per heavy atom. The standard InChI is InChI=1S/C14H21N2S/c1-15-9-10-16(13-15)8-5-3-2-4-6-14-7-11-17-12-14/h7,9-13H,2-6,8H2,1H3/q+1. The van der Waals surface area contributed by atoms with Gasteiger partial charge >= 0.3 is 0 Å². The molecule has 0 aliphatic rings. The minimum absolute atomic E-state index is 1.15. The summed E-state index contributed by atoms with van der Waals surface area (Å²) in [5.41, 5.74) is 1.51. The van der Waals surface area contributed by atoms with E-state index in [9.17, 15) is 0 Å². The van der Waals surface area contributed by atoms with E-state index in [-0.39, 0.29) is 0 Å². The molecule has 2 heterocycles. The molecule has 0 bridgehead atoms. The molecule has 0 amide bonds. The lowest BCUT2D eigenvalue weighted by Gasteiger charge is -1.99. The smallest absolute Gasteiger partial charge is 0.240 e. The van der Waals surface area contributed by atoms with Gasteiger partial charge in [-0.3, -0.25) is 0 Å². The highest BCUT2D eigenvalue weighted by Crippen LogP contribution is 2.11. The number of thiophene rings is 1. The van der Waals surface area contributed by atoms with E-state index in [1.807, 2.05) is 0 Å². The summed E-state index contributed by atoms with van der Waals surface area (Å²) >= 11 is 1.80. The molecule has 0 radical (unpaired) electrons. The van der Waals surface area contributed by atoms with Crippen molar-refractivity contribution in [1.82, 2.24) is 4.57 Å². The molecule has 0 aliphatic carbocycles. The van der Waals surface area contributed by atoms with E-state index in [1.165, 1.54) is 37.7 Å². The number of unbranched alkanes of at least 4 members (excludes halogenated alkanes) is 3. The van der Waals surface area contributed by atoms with Gasteiger partial charge in [0.15, 0.2) is 0 Å². The van der Waals surface area contributed by atoms with Crippen LogP contribution in [0.1, 0.15) is 31.2 Å². The first kappa shape index (κ1) is 12.4. The van der Waals surface area contributed by atoms with E-state index in [1.54, 1.807) is 11.3 Å². The number of hydrogen-bond acceptors (Lipinski definition) is 1. The molecule has 92 valence electrons. The molecule has 0 N–H and O–H groups in total. The molecular weight excluding hydrogens is 228 g/mol. The SMILES string of the molecule is C[n+]1ccn(CCCCCCc2ccsc2)c1. The molecule has 0 aliphatic heterocycles. The third-order valence-corrected chi connectivity index (χ3v) is 3.77. The van der Waals surface area contributed by atoms with Crippen LogP contribution >= 0.6 is 11.3 Å². The van der Waals surface area contributed by atoms with Crippen molar-refractivity contribution in [3.05, 3.63) is 41.1 Å². The maximum atomic E-state index is 2.26. The summed E-state index contributed by atoms with van der Waals surface area (Å²) in [6, 6.07) is 2.24. The Kier molecular flexibility index (Phi) is 4.80. The Bertz CT molecular complexity index is 417. The first-order chi connectivity index (χ1) is 8.34. The third-order valence-electron chi connectivity index (χ3n) is 3.04. The topological polar surface area (TPSA) is 8.81 Å². The molecule has 0 spiro atoms. The molecule has 0 fully saturated rings. The van der Waals surface area contributed by atoms with Gasteiger partial charge in [-0.15, -0.1) is 0 Å². The molecule has 2 rings (SSSR count). The zero-order valence-corrected chi connectivity index (χ0v) is 11.3. The van der Waals surface area contributed by atoms with Gasteiger partial charge in [0, 0.05) is 0 Å². The lowest BCUT2D eigenvalue weighted by Crippen LogP contribution is -2.23. The van der Waals surface area contributed by atoms with Gasteiger partial charge in [0.25, 0.3) is 0 Å². The largest absolute Gasteiger partial charge is 0.243 e. The second-order valence-corrected chi connectivity index (χ2v) is 5.39. The minimum Gasteiger partial charge on any atom is -0.240 e. The molecule has 0 saturated carbocycles. The van der Waals surface area contributed by atoms with Crippen molar-refractivity contribution in [2.75, 3.05) is 0 Å². The highest BCUT2D eigenvalue weighted by molar-refractivity contribution is 7.07. The molecular formula is C14H21N2S+. The molecule has 2 aromatic heterocycles. The Morgan fingerprint density at radius 2 is 2.12 bits per heavy atom. The van der Waals surface area contributed by atoms with Crippen LogP contribution in [0.2, 0.25) is 0 Å². The van der Waals surface area contributed by atoms with Crippen molar-refractivity contribution in [3.8, 4) is 0 Å². The van der Waals surface area contributed by atoms with Crippen molar-refractivity contribution in [1.29, 1.82) is 0 Å². The van der Waals surface area contributed by atoms with Crippen LogP contribution in [0.5, 0.6) is 0 Å². The summed E-state index contributed by atoms with van der Waals surface area (Å²) < 4.78 is 4.36. The predicted molar refractivity (Wildman–Crippen MR) is 72.1 cm³/mol. The van der Waals surface area contributed by atoms with Gasteiger partial charge in [-0.2, -0.15) is 11.3 Å². The van der Waals surface area contributed by atoms with Crippen molar-refractivity contribution >= 4 is 11.3 Å². The number of rotatable bonds is 7. The van der Waals surface area contributed by atoms with Crippen molar-refractivity contribution in [2.24, 2.45) is 7.05 Å². The summed E-state index contributed by atoms with van der Waals surface area (Å²) in [4.78, 5) is 0. The molecule has 3 heteroatoms.